The molecule has 2 rings (SSSR count). The van der Waals surface area contributed by atoms with E-state index in [1.807, 2.05) is 0 Å². The first-order valence-corrected chi connectivity index (χ1v) is 8.58. The van der Waals surface area contributed by atoms with Gasteiger partial charge in [-0.05, 0) is 51.6 Å². The van der Waals surface area contributed by atoms with Gasteiger partial charge in [0.2, 0.25) is 0 Å². The number of nitrogens with one attached hydrogen (secondary N) is 1. The summed E-state index contributed by atoms with van der Waals surface area (Å²) in [4.78, 5) is 0. The lowest BCUT2D eigenvalue weighted by atomic mass is 9.75. The molecule has 1 aliphatic rings. The van der Waals surface area contributed by atoms with Gasteiger partial charge in [0.1, 0.15) is 5.75 Å². The molecule has 1 aromatic rings. The van der Waals surface area contributed by atoms with Crippen LogP contribution < -0.4 is 10.1 Å². The van der Waals surface area contributed by atoms with Gasteiger partial charge in [-0.15, -0.1) is 0 Å². The highest BCUT2D eigenvalue weighted by molar-refractivity contribution is 5.36. The maximum absolute atomic E-state index is 6.03. The van der Waals surface area contributed by atoms with Crippen molar-refractivity contribution in [3.8, 4) is 5.75 Å². The third-order valence-electron chi connectivity index (χ3n) is 4.80. The topological polar surface area (TPSA) is 21.3 Å². The maximum atomic E-state index is 6.03. The molecule has 0 saturated heterocycles. The van der Waals surface area contributed by atoms with Gasteiger partial charge in [-0.3, -0.25) is 0 Å². The van der Waals surface area contributed by atoms with Crippen LogP contribution in [0, 0.1) is 11.8 Å². The molecule has 0 amide bonds. The first kappa shape index (κ1) is 16.4. The van der Waals surface area contributed by atoms with E-state index < -0.39 is 0 Å². The Hall–Kier alpha value is -1.02. The number of rotatable bonds is 6. The summed E-state index contributed by atoms with van der Waals surface area (Å²) in [6.45, 7) is 6.52. The molecule has 3 unspecified atom stereocenters. The van der Waals surface area contributed by atoms with E-state index >= 15 is 0 Å². The molecule has 0 radical (unpaired) electrons. The zero-order chi connectivity index (χ0) is 15.2. The Morgan fingerprint density at radius 3 is 2.67 bits per heavy atom. The number of hydrogen-bond donors (Lipinski definition) is 1. The average molecular weight is 289 g/mol. The van der Waals surface area contributed by atoms with Gasteiger partial charge in [-0.2, -0.15) is 0 Å². The standard InChI is InChI=1S/C19H31NO/c1-5-15-9-8-10-16(13-15)19(20-4)17-11-6-7-12-18(17)21-14(2)3/h6-7,11-12,14-16,19-20H,5,8-10,13H2,1-4H3. The Morgan fingerprint density at radius 2 is 2.00 bits per heavy atom. The summed E-state index contributed by atoms with van der Waals surface area (Å²) >= 11 is 0. The van der Waals surface area contributed by atoms with Gasteiger partial charge in [0.25, 0.3) is 0 Å². The quantitative estimate of drug-likeness (QED) is 0.800. The summed E-state index contributed by atoms with van der Waals surface area (Å²) < 4.78 is 6.03. The molecule has 2 heteroatoms. The molecular weight excluding hydrogens is 258 g/mol. The van der Waals surface area contributed by atoms with Crippen molar-refractivity contribution in [2.45, 2.75) is 65.0 Å². The maximum Gasteiger partial charge on any atom is 0.124 e. The first-order valence-electron chi connectivity index (χ1n) is 8.58. The Morgan fingerprint density at radius 1 is 1.24 bits per heavy atom. The van der Waals surface area contributed by atoms with Crippen molar-refractivity contribution in [1.82, 2.24) is 5.32 Å². The van der Waals surface area contributed by atoms with Crippen LogP contribution in [-0.4, -0.2) is 13.2 Å². The van der Waals surface area contributed by atoms with Crippen LogP contribution in [0.2, 0.25) is 0 Å². The van der Waals surface area contributed by atoms with Crippen LogP contribution in [0.5, 0.6) is 5.75 Å². The molecule has 118 valence electrons. The lowest BCUT2D eigenvalue weighted by Gasteiger charge is -2.35. The number of para-hydroxylation sites is 1. The van der Waals surface area contributed by atoms with E-state index in [0.717, 1.165) is 17.6 Å². The van der Waals surface area contributed by atoms with Gasteiger partial charge in [-0.25, -0.2) is 0 Å². The molecular formula is C19H31NO. The predicted molar refractivity (Wildman–Crippen MR) is 89.7 cm³/mol. The smallest absolute Gasteiger partial charge is 0.124 e. The highest BCUT2D eigenvalue weighted by Crippen LogP contribution is 2.40. The second-order valence-electron chi connectivity index (χ2n) is 6.67. The minimum absolute atomic E-state index is 0.221. The van der Waals surface area contributed by atoms with Crippen molar-refractivity contribution < 1.29 is 4.74 Å². The summed E-state index contributed by atoms with van der Waals surface area (Å²) in [7, 11) is 2.09. The molecule has 0 spiro atoms. The molecule has 1 fully saturated rings. The van der Waals surface area contributed by atoms with Crippen LogP contribution in [0.1, 0.15) is 64.5 Å². The summed E-state index contributed by atoms with van der Waals surface area (Å²) in [6, 6.07) is 8.96. The van der Waals surface area contributed by atoms with Gasteiger partial charge in [-0.1, -0.05) is 44.4 Å². The minimum Gasteiger partial charge on any atom is -0.491 e. The van der Waals surface area contributed by atoms with Gasteiger partial charge >= 0.3 is 0 Å². The van der Waals surface area contributed by atoms with Gasteiger partial charge in [0.05, 0.1) is 6.10 Å². The van der Waals surface area contributed by atoms with Crippen molar-refractivity contribution in [2.24, 2.45) is 11.8 Å². The summed E-state index contributed by atoms with van der Waals surface area (Å²) in [5, 5.41) is 3.57. The average Bonchev–Trinajstić information content (AvgIpc) is 2.49. The van der Waals surface area contributed by atoms with E-state index in [4.69, 9.17) is 4.74 Å². The third-order valence-corrected chi connectivity index (χ3v) is 4.80. The van der Waals surface area contributed by atoms with E-state index in [1.54, 1.807) is 0 Å². The number of benzene rings is 1. The van der Waals surface area contributed by atoms with Crippen LogP contribution in [0.3, 0.4) is 0 Å². The van der Waals surface area contributed by atoms with Gasteiger partial charge < -0.3 is 10.1 Å². The van der Waals surface area contributed by atoms with E-state index in [0.29, 0.717) is 6.04 Å². The van der Waals surface area contributed by atoms with Crippen LogP contribution in [-0.2, 0) is 0 Å². The van der Waals surface area contributed by atoms with Crippen LogP contribution in [0.4, 0.5) is 0 Å². The molecule has 1 N–H and O–H groups in total. The Bertz CT molecular complexity index is 429. The fourth-order valence-electron chi connectivity index (χ4n) is 3.75. The highest BCUT2D eigenvalue weighted by atomic mass is 16.5. The second kappa shape index (κ2) is 7.84. The normalized spacial score (nSPS) is 24.0. The largest absolute Gasteiger partial charge is 0.491 e. The molecule has 0 bridgehead atoms. The van der Waals surface area contributed by atoms with Crippen LogP contribution >= 0.6 is 0 Å². The van der Waals surface area contributed by atoms with Crippen molar-refractivity contribution in [3.05, 3.63) is 29.8 Å². The van der Waals surface area contributed by atoms with Gasteiger partial charge in [0.15, 0.2) is 0 Å². The Balaban J connectivity index is 2.20. The molecule has 0 heterocycles. The molecule has 1 saturated carbocycles. The van der Waals surface area contributed by atoms with E-state index in [-0.39, 0.29) is 6.10 Å². The fourth-order valence-corrected chi connectivity index (χ4v) is 3.75. The lowest BCUT2D eigenvalue weighted by Crippen LogP contribution is -2.30. The minimum atomic E-state index is 0.221. The lowest BCUT2D eigenvalue weighted by molar-refractivity contribution is 0.202. The van der Waals surface area contributed by atoms with E-state index in [1.165, 1.54) is 37.7 Å². The summed E-state index contributed by atoms with van der Waals surface area (Å²) in [6.07, 6.45) is 6.99. The van der Waals surface area contributed by atoms with Crippen molar-refractivity contribution >= 4 is 0 Å². The summed E-state index contributed by atoms with van der Waals surface area (Å²) in [5.74, 6) is 2.67. The second-order valence-corrected chi connectivity index (χ2v) is 6.67. The van der Waals surface area contributed by atoms with Crippen molar-refractivity contribution in [2.75, 3.05) is 7.05 Å². The number of ether oxygens (including phenoxy) is 1. The zero-order valence-corrected chi connectivity index (χ0v) is 14.1. The van der Waals surface area contributed by atoms with Gasteiger partial charge in [0, 0.05) is 11.6 Å². The summed E-state index contributed by atoms with van der Waals surface area (Å²) in [5.41, 5.74) is 1.33. The van der Waals surface area contributed by atoms with Crippen molar-refractivity contribution in [1.29, 1.82) is 0 Å². The Labute approximate surface area is 130 Å². The molecule has 2 nitrogen and oxygen atoms in total. The number of hydrogen-bond acceptors (Lipinski definition) is 2. The van der Waals surface area contributed by atoms with Crippen LogP contribution in [0.15, 0.2) is 24.3 Å². The predicted octanol–water partition coefficient (Wildman–Crippen LogP) is 4.95. The zero-order valence-electron chi connectivity index (χ0n) is 14.1. The van der Waals surface area contributed by atoms with E-state index in [9.17, 15) is 0 Å². The van der Waals surface area contributed by atoms with E-state index in [2.05, 4.69) is 57.4 Å². The first-order chi connectivity index (χ1) is 10.2. The molecule has 1 aliphatic carbocycles. The monoisotopic (exact) mass is 289 g/mol. The molecule has 21 heavy (non-hydrogen) atoms. The fraction of sp³-hybridized carbons (Fsp3) is 0.684. The Kier molecular flexibility index (Phi) is 6.10. The molecule has 3 atom stereocenters. The molecule has 0 aromatic heterocycles. The third kappa shape index (κ3) is 4.23. The highest BCUT2D eigenvalue weighted by Gasteiger charge is 2.29. The molecule has 1 aromatic carbocycles. The molecule has 0 aliphatic heterocycles. The SMILES string of the molecule is CCC1CCCC(C(NC)c2ccccc2OC(C)C)C1. The van der Waals surface area contributed by atoms with Crippen LogP contribution in [0.25, 0.3) is 0 Å². The van der Waals surface area contributed by atoms with Crippen molar-refractivity contribution in [3.63, 3.8) is 0 Å².